The van der Waals surface area contributed by atoms with Gasteiger partial charge < -0.3 is 15.4 Å². The fourth-order valence-electron chi connectivity index (χ4n) is 2.70. The van der Waals surface area contributed by atoms with Gasteiger partial charge in [-0.2, -0.15) is 0 Å². The molecule has 1 heterocycles. The second-order valence-corrected chi connectivity index (χ2v) is 6.40. The zero-order chi connectivity index (χ0) is 19.4. The Labute approximate surface area is 158 Å². The molecule has 6 heteroatoms. The van der Waals surface area contributed by atoms with Crippen LogP contribution in [0.4, 0.5) is 17.3 Å². The smallest absolute Gasteiger partial charge is 0.258 e. The number of anilines is 3. The van der Waals surface area contributed by atoms with Crippen molar-refractivity contribution in [2.45, 2.75) is 20.8 Å². The van der Waals surface area contributed by atoms with E-state index in [1.807, 2.05) is 51.1 Å². The van der Waals surface area contributed by atoms with E-state index >= 15 is 0 Å². The van der Waals surface area contributed by atoms with Gasteiger partial charge in [0, 0.05) is 18.1 Å². The predicted molar refractivity (Wildman–Crippen MR) is 107 cm³/mol. The number of carbonyl (C=O) groups is 1. The lowest BCUT2D eigenvalue weighted by atomic mass is 10.1. The summed E-state index contributed by atoms with van der Waals surface area (Å²) in [4.78, 5) is 21.0. The van der Waals surface area contributed by atoms with Gasteiger partial charge in [-0.05, 0) is 50.1 Å². The van der Waals surface area contributed by atoms with Gasteiger partial charge in [-0.3, -0.25) is 4.79 Å². The Hall–Kier alpha value is -3.41. The lowest BCUT2D eigenvalue weighted by molar-refractivity contribution is 0.102. The second kappa shape index (κ2) is 7.86. The van der Waals surface area contributed by atoms with E-state index in [1.165, 1.54) is 18.0 Å². The molecular formula is C21H22N4O2. The average Bonchev–Trinajstić information content (AvgIpc) is 2.65. The third-order valence-corrected chi connectivity index (χ3v) is 4.15. The summed E-state index contributed by atoms with van der Waals surface area (Å²) in [6.07, 6.45) is 2.99. The summed E-state index contributed by atoms with van der Waals surface area (Å²) in [7, 11) is 1.57. The third kappa shape index (κ3) is 4.41. The van der Waals surface area contributed by atoms with Crippen LogP contribution in [-0.2, 0) is 0 Å². The summed E-state index contributed by atoms with van der Waals surface area (Å²) in [5, 5.41) is 6.01. The number of carbonyl (C=O) groups excluding carboxylic acids is 1. The number of nitrogens with one attached hydrogen (secondary N) is 2. The van der Waals surface area contributed by atoms with Gasteiger partial charge in [0.25, 0.3) is 5.91 Å². The zero-order valence-corrected chi connectivity index (χ0v) is 15.8. The van der Waals surface area contributed by atoms with Crippen LogP contribution in [-0.4, -0.2) is 23.0 Å². The van der Waals surface area contributed by atoms with Crippen LogP contribution in [0.15, 0.2) is 48.8 Å². The highest BCUT2D eigenvalue weighted by Gasteiger charge is 2.11. The molecule has 0 aliphatic rings. The molecule has 0 atom stereocenters. The lowest BCUT2D eigenvalue weighted by Crippen LogP contribution is -2.14. The Morgan fingerprint density at radius 2 is 1.59 bits per heavy atom. The summed E-state index contributed by atoms with van der Waals surface area (Å²) >= 11 is 0. The van der Waals surface area contributed by atoms with Crippen LogP contribution >= 0.6 is 0 Å². The largest absolute Gasteiger partial charge is 0.495 e. The van der Waals surface area contributed by atoms with Gasteiger partial charge in [-0.1, -0.05) is 23.8 Å². The molecule has 0 radical (unpaired) electrons. The van der Waals surface area contributed by atoms with Crippen LogP contribution in [0.2, 0.25) is 0 Å². The van der Waals surface area contributed by atoms with Crippen LogP contribution in [0.5, 0.6) is 5.75 Å². The first kappa shape index (κ1) is 18.4. The maximum atomic E-state index is 12.5. The van der Waals surface area contributed by atoms with Crippen molar-refractivity contribution in [1.82, 2.24) is 9.97 Å². The molecule has 2 aromatic carbocycles. The number of ether oxygens (including phenoxy) is 1. The van der Waals surface area contributed by atoms with Crippen molar-refractivity contribution in [2.75, 3.05) is 17.7 Å². The van der Waals surface area contributed by atoms with Gasteiger partial charge >= 0.3 is 0 Å². The summed E-state index contributed by atoms with van der Waals surface area (Å²) in [5.74, 6) is 0.742. The quantitative estimate of drug-likeness (QED) is 0.703. The summed E-state index contributed by atoms with van der Waals surface area (Å²) < 4.78 is 5.29. The van der Waals surface area contributed by atoms with E-state index < -0.39 is 0 Å². The summed E-state index contributed by atoms with van der Waals surface area (Å²) in [6, 6.07) is 11.7. The number of methoxy groups -OCH3 is 1. The molecule has 3 rings (SSSR count). The highest BCUT2D eigenvalue weighted by Crippen LogP contribution is 2.26. The SMILES string of the molecule is COc1ccc(C)cc1NC(=O)c1cnc(Nc2ccc(C)cc2C)nc1. The molecule has 0 bridgehead atoms. The molecule has 6 nitrogen and oxygen atoms in total. The Balaban J connectivity index is 1.73. The number of hydrogen-bond acceptors (Lipinski definition) is 5. The van der Waals surface area contributed by atoms with Crippen molar-refractivity contribution >= 4 is 23.2 Å². The van der Waals surface area contributed by atoms with Crippen molar-refractivity contribution in [3.63, 3.8) is 0 Å². The van der Waals surface area contributed by atoms with Crippen LogP contribution in [0, 0.1) is 20.8 Å². The molecule has 1 amide bonds. The fraction of sp³-hybridized carbons (Fsp3) is 0.190. The highest BCUT2D eigenvalue weighted by atomic mass is 16.5. The highest BCUT2D eigenvalue weighted by molar-refractivity contribution is 6.04. The van der Waals surface area contributed by atoms with Crippen molar-refractivity contribution < 1.29 is 9.53 Å². The molecule has 138 valence electrons. The topological polar surface area (TPSA) is 76.1 Å². The fourth-order valence-corrected chi connectivity index (χ4v) is 2.70. The molecule has 2 N–H and O–H groups in total. The first-order valence-electron chi connectivity index (χ1n) is 8.58. The van der Waals surface area contributed by atoms with Crippen LogP contribution in [0.25, 0.3) is 0 Å². The number of aromatic nitrogens is 2. The normalized spacial score (nSPS) is 10.4. The number of nitrogens with zero attached hydrogens (tertiary/aromatic N) is 2. The summed E-state index contributed by atoms with van der Waals surface area (Å²) in [5.41, 5.74) is 5.23. The first-order valence-corrected chi connectivity index (χ1v) is 8.58. The average molecular weight is 362 g/mol. The molecule has 1 aromatic heterocycles. The maximum Gasteiger partial charge on any atom is 0.258 e. The van der Waals surface area contributed by atoms with Crippen LogP contribution < -0.4 is 15.4 Å². The standard InChI is InChI=1S/C21H22N4O2/c1-13-5-7-17(15(3)9-13)25-21-22-11-16(12-23-21)20(26)24-18-10-14(2)6-8-19(18)27-4/h5-12H,1-4H3,(H,24,26)(H,22,23,25). The van der Waals surface area contributed by atoms with E-state index in [4.69, 9.17) is 4.74 Å². The Morgan fingerprint density at radius 3 is 2.26 bits per heavy atom. The Morgan fingerprint density at radius 1 is 0.926 bits per heavy atom. The lowest BCUT2D eigenvalue weighted by Gasteiger charge is -2.11. The molecule has 0 fully saturated rings. The monoisotopic (exact) mass is 362 g/mol. The van der Waals surface area contributed by atoms with E-state index in [1.54, 1.807) is 7.11 Å². The molecule has 0 unspecified atom stereocenters. The molecule has 0 aliphatic heterocycles. The van der Waals surface area contributed by atoms with Gasteiger partial charge in [-0.25, -0.2) is 9.97 Å². The van der Waals surface area contributed by atoms with Crippen molar-refractivity contribution in [1.29, 1.82) is 0 Å². The van der Waals surface area contributed by atoms with Gasteiger partial charge in [0.2, 0.25) is 5.95 Å². The van der Waals surface area contributed by atoms with E-state index in [0.29, 0.717) is 22.9 Å². The van der Waals surface area contributed by atoms with E-state index in [0.717, 1.165) is 16.8 Å². The zero-order valence-electron chi connectivity index (χ0n) is 15.8. The molecule has 27 heavy (non-hydrogen) atoms. The van der Waals surface area contributed by atoms with Crippen LogP contribution in [0.1, 0.15) is 27.0 Å². The maximum absolute atomic E-state index is 12.5. The van der Waals surface area contributed by atoms with Crippen molar-refractivity contribution in [2.24, 2.45) is 0 Å². The second-order valence-electron chi connectivity index (χ2n) is 6.40. The number of benzene rings is 2. The minimum Gasteiger partial charge on any atom is -0.495 e. The molecule has 0 aliphatic carbocycles. The van der Waals surface area contributed by atoms with E-state index in [9.17, 15) is 4.79 Å². The molecular weight excluding hydrogens is 340 g/mol. The predicted octanol–water partition coefficient (Wildman–Crippen LogP) is 4.41. The molecule has 0 saturated carbocycles. The number of aryl methyl sites for hydroxylation is 3. The van der Waals surface area contributed by atoms with Gasteiger partial charge in [0.1, 0.15) is 5.75 Å². The first-order chi connectivity index (χ1) is 13.0. The van der Waals surface area contributed by atoms with Crippen molar-refractivity contribution in [3.05, 3.63) is 71.0 Å². The van der Waals surface area contributed by atoms with Gasteiger partial charge in [-0.15, -0.1) is 0 Å². The number of amides is 1. The molecule has 0 spiro atoms. The van der Waals surface area contributed by atoms with Crippen molar-refractivity contribution in [3.8, 4) is 5.75 Å². The molecule has 3 aromatic rings. The summed E-state index contributed by atoms with van der Waals surface area (Å²) in [6.45, 7) is 6.02. The van der Waals surface area contributed by atoms with E-state index in [-0.39, 0.29) is 5.91 Å². The molecule has 0 saturated heterocycles. The minimum absolute atomic E-state index is 0.294. The Bertz CT molecular complexity index is 968. The van der Waals surface area contributed by atoms with Gasteiger partial charge in [0.15, 0.2) is 0 Å². The van der Waals surface area contributed by atoms with Crippen LogP contribution in [0.3, 0.4) is 0 Å². The number of rotatable bonds is 5. The number of hydrogen-bond donors (Lipinski definition) is 2. The Kier molecular flexibility index (Phi) is 5.35. The third-order valence-electron chi connectivity index (χ3n) is 4.15. The minimum atomic E-state index is -0.294. The van der Waals surface area contributed by atoms with E-state index in [2.05, 4.69) is 26.7 Å². The van der Waals surface area contributed by atoms with Gasteiger partial charge in [0.05, 0.1) is 18.4 Å².